The Balaban J connectivity index is 1.12. The summed E-state index contributed by atoms with van der Waals surface area (Å²) in [5.74, 6) is 0.675. The van der Waals surface area contributed by atoms with Crippen molar-refractivity contribution in [2.45, 2.75) is 0 Å². The number of para-hydroxylation sites is 1. The van der Waals surface area contributed by atoms with Gasteiger partial charge in [-0.1, -0.05) is 121 Å². The minimum atomic E-state index is 0.675. The minimum absolute atomic E-state index is 0.675. The Morgan fingerprint density at radius 1 is 0.400 bits per heavy atom. The molecule has 4 heterocycles. The van der Waals surface area contributed by atoms with Crippen molar-refractivity contribution in [2.24, 2.45) is 0 Å². The first kappa shape index (κ1) is 30.4. The van der Waals surface area contributed by atoms with Crippen molar-refractivity contribution in [1.29, 1.82) is 0 Å². The molecule has 4 nitrogen and oxygen atoms in total. The van der Waals surface area contributed by atoms with Crippen LogP contribution in [-0.2, 0) is 0 Å². The molecule has 55 heavy (non-hydrogen) atoms. The van der Waals surface area contributed by atoms with Crippen LogP contribution in [0.15, 0.2) is 181 Å². The van der Waals surface area contributed by atoms with Gasteiger partial charge in [-0.15, -0.1) is 11.3 Å². The maximum absolute atomic E-state index is 5.32. The van der Waals surface area contributed by atoms with Gasteiger partial charge in [0.1, 0.15) is 0 Å². The Labute approximate surface area is 319 Å². The molecule has 0 N–H and O–H groups in total. The molecule has 5 heteroatoms. The van der Waals surface area contributed by atoms with Gasteiger partial charge in [-0.3, -0.25) is 4.57 Å². The number of thiophene rings is 1. The van der Waals surface area contributed by atoms with E-state index in [4.69, 9.17) is 9.97 Å². The zero-order chi connectivity index (χ0) is 36.0. The lowest BCUT2D eigenvalue weighted by Crippen LogP contribution is -2.02. The molecule has 12 aromatic rings. The van der Waals surface area contributed by atoms with E-state index in [-0.39, 0.29) is 0 Å². The highest BCUT2D eigenvalue weighted by Crippen LogP contribution is 2.41. The second-order valence-electron chi connectivity index (χ2n) is 14.2. The third-order valence-electron chi connectivity index (χ3n) is 11.2. The molecule has 0 unspecified atom stereocenters. The molecule has 0 saturated heterocycles. The molecule has 0 aliphatic carbocycles. The van der Waals surface area contributed by atoms with Gasteiger partial charge in [-0.25, -0.2) is 9.97 Å². The average Bonchev–Trinajstić information content (AvgIpc) is 3.95. The Bertz CT molecular complexity index is 3480. The van der Waals surface area contributed by atoms with Crippen molar-refractivity contribution in [3.05, 3.63) is 181 Å². The molecule has 0 atom stereocenters. The predicted octanol–water partition coefficient (Wildman–Crippen LogP) is 13.5. The third-order valence-corrected chi connectivity index (χ3v) is 12.1. The monoisotopic (exact) mass is 718 g/mol. The maximum atomic E-state index is 5.32. The van der Waals surface area contributed by atoms with E-state index >= 15 is 0 Å². The van der Waals surface area contributed by atoms with E-state index in [0.29, 0.717) is 5.95 Å². The Kier molecular flexibility index (Phi) is 6.47. The molecule has 0 spiro atoms. The molecule has 8 aromatic carbocycles. The molecular weight excluding hydrogens is 689 g/mol. The fourth-order valence-electron chi connectivity index (χ4n) is 8.67. The fourth-order valence-corrected chi connectivity index (χ4v) is 9.51. The molecular formula is C50H30N4S. The molecule has 0 bridgehead atoms. The van der Waals surface area contributed by atoms with E-state index in [9.17, 15) is 0 Å². The van der Waals surface area contributed by atoms with Gasteiger partial charge in [0.05, 0.1) is 38.0 Å². The fraction of sp³-hybridized carbons (Fsp3) is 0. The summed E-state index contributed by atoms with van der Waals surface area (Å²) in [5.41, 5.74) is 11.0. The lowest BCUT2D eigenvalue weighted by molar-refractivity contribution is 1.02. The lowest BCUT2D eigenvalue weighted by Gasteiger charge is -2.11. The van der Waals surface area contributed by atoms with Crippen LogP contribution in [0.1, 0.15) is 0 Å². The number of hydrogen-bond donors (Lipinski definition) is 0. The molecule has 0 saturated carbocycles. The number of rotatable bonds is 4. The van der Waals surface area contributed by atoms with Gasteiger partial charge in [0.2, 0.25) is 5.95 Å². The van der Waals surface area contributed by atoms with E-state index in [1.807, 2.05) is 6.07 Å². The number of fused-ring (bicyclic) bond motifs is 10. The molecule has 4 aromatic heterocycles. The zero-order valence-corrected chi connectivity index (χ0v) is 30.3. The Hall–Kier alpha value is -7.08. The molecule has 0 radical (unpaired) electrons. The summed E-state index contributed by atoms with van der Waals surface area (Å²) < 4.78 is 5.77. The number of hydrogen-bond acceptors (Lipinski definition) is 3. The highest BCUT2D eigenvalue weighted by atomic mass is 32.1. The second-order valence-corrected chi connectivity index (χ2v) is 15.2. The van der Waals surface area contributed by atoms with E-state index in [2.05, 4.69) is 184 Å². The van der Waals surface area contributed by atoms with Crippen molar-refractivity contribution < 1.29 is 0 Å². The molecule has 0 fully saturated rings. The van der Waals surface area contributed by atoms with E-state index in [1.54, 1.807) is 11.3 Å². The van der Waals surface area contributed by atoms with E-state index in [0.717, 1.165) is 43.8 Å². The molecule has 0 aliphatic heterocycles. The maximum Gasteiger partial charge on any atom is 0.235 e. The Morgan fingerprint density at radius 2 is 1.07 bits per heavy atom. The van der Waals surface area contributed by atoms with Gasteiger partial charge in [-0.2, -0.15) is 0 Å². The van der Waals surface area contributed by atoms with Gasteiger partial charge in [0.25, 0.3) is 0 Å². The van der Waals surface area contributed by atoms with E-state index in [1.165, 1.54) is 59.7 Å². The van der Waals surface area contributed by atoms with Crippen LogP contribution in [0.4, 0.5) is 0 Å². The van der Waals surface area contributed by atoms with E-state index < -0.39 is 0 Å². The Morgan fingerprint density at radius 3 is 1.93 bits per heavy atom. The van der Waals surface area contributed by atoms with Crippen LogP contribution in [0, 0.1) is 0 Å². The van der Waals surface area contributed by atoms with Crippen molar-refractivity contribution in [2.75, 3.05) is 0 Å². The van der Waals surface area contributed by atoms with Gasteiger partial charge in [0, 0.05) is 32.8 Å². The number of aromatic nitrogens is 4. The van der Waals surface area contributed by atoms with Crippen molar-refractivity contribution in [3.63, 3.8) is 0 Å². The van der Waals surface area contributed by atoms with Crippen LogP contribution >= 0.6 is 11.3 Å². The topological polar surface area (TPSA) is 35.6 Å². The SMILES string of the molecule is c1ccc(-c2nc(-n3c4ccc(-c5ccc6c7c8ccccc8ccc7n(-c7ccccc7)c6c5)cc4c4cc5ccccc5cc43)nc3ccsc23)cc1. The first-order valence-corrected chi connectivity index (χ1v) is 19.4. The van der Waals surface area contributed by atoms with Crippen LogP contribution in [0.2, 0.25) is 0 Å². The standard InChI is InChI=1S/C50H30N4S/c1-3-12-32(13-4-1)48-49-42(25-26-55-49)51-50(52-48)54-43-23-21-35(28-40(43)41-27-33-14-7-8-15-34(33)29-46(41)54)36-19-22-39-45(30-36)53(37-16-5-2-6-17-37)44-24-20-31-11-9-10-18-38(31)47(39)44/h1-30H. The zero-order valence-electron chi connectivity index (χ0n) is 29.5. The number of nitrogens with zero attached hydrogens (tertiary/aromatic N) is 4. The number of benzene rings is 8. The quantitative estimate of drug-likeness (QED) is 0.182. The van der Waals surface area contributed by atoms with Gasteiger partial charge in [-0.05, 0) is 92.6 Å². The van der Waals surface area contributed by atoms with Gasteiger partial charge in [0.15, 0.2) is 0 Å². The molecule has 12 rings (SSSR count). The second kappa shape index (κ2) is 11.7. The molecule has 0 aliphatic rings. The first-order valence-electron chi connectivity index (χ1n) is 18.6. The van der Waals surface area contributed by atoms with Crippen molar-refractivity contribution in [1.82, 2.24) is 19.1 Å². The summed E-state index contributed by atoms with van der Waals surface area (Å²) in [6, 6.07) is 63.6. The summed E-state index contributed by atoms with van der Waals surface area (Å²) >= 11 is 1.69. The first-order chi connectivity index (χ1) is 27.3. The summed E-state index contributed by atoms with van der Waals surface area (Å²) in [6.45, 7) is 0. The van der Waals surface area contributed by atoms with Crippen LogP contribution in [0.5, 0.6) is 0 Å². The van der Waals surface area contributed by atoms with Crippen molar-refractivity contribution in [3.8, 4) is 34.0 Å². The normalized spacial score (nSPS) is 12.0. The summed E-state index contributed by atoms with van der Waals surface area (Å²) in [5, 5.41) is 11.9. The van der Waals surface area contributed by atoms with Gasteiger partial charge < -0.3 is 4.57 Å². The third kappa shape index (κ3) is 4.57. The molecule has 256 valence electrons. The van der Waals surface area contributed by atoms with Crippen molar-refractivity contribution >= 4 is 86.7 Å². The smallest absolute Gasteiger partial charge is 0.235 e. The summed E-state index contributed by atoms with van der Waals surface area (Å²) in [7, 11) is 0. The van der Waals surface area contributed by atoms with Crippen LogP contribution < -0.4 is 0 Å². The lowest BCUT2D eigenvalue weighted by atomic mass is 9.99. The largest absolute Gasteiger partial charge is 0.309 e. The van der Waals surface area contributed by atoms with Crippen LogP contribution in [0.3, 0.4) is 0 Å². The predicted molar refractivity (Wildman–Crippen MR) is 232 cm³/mol. The summed E-state index contributed by atoms with van der Waals surface area (Å²) in [6.07, 6.45) is 0. The van der Waals surface area contributed by atoms with Gasteiger partial charge >= 0.3 is 0 Å². The minimum Gasteiger partial charge on any atom is -0.309 e. The summed E-state index contributed by atoms with van der Waals surface area (Å²) in [4.78, 5) is 10.5. The highest BCUT2D eigenvalue weighted by Gasteiger charge is 2.20. The van der Waals surface area contributed by atoms with Crippen LogP contribution in [0.25, 0.3) is 109 Å². The molecule has 0 amide bonds. The van der Waals surface area contributed by atoms with Crippen LogP contribution in [-0.4, -0.2) is 19.1 Å². The highest BCUT2D eigenvalue weighted by molar-refractivity contribution is 7.17. The average molecular weight is 719 g/mol.